The minimum atomic E-state index is -0.403. The van der Waals surface area contributed by atoms with Gasteiger partial charge in [-0.15, -0.1) is 0 Å². The molecule has 2 aromatic carbocycles. The first-order valence-electron chi connectivity index (χ1n) is 7.99. The van der Waals surface area contributed by atoms with Crippen LogP contribution >= 0.6 is 0 Å². The summed E-state index contributed by atoms with van der Waals surface area (Å²) in [7, 11) is 0. The smallest absolute Gasteiger partial charge is 0.344 e. The quantitative estimate of drug-likeness (QED) is 0.453. The zero-order chi connectivity index (χ0) is 17.9. The minimum absolute atomic E-state index is 0.168. The Bertz CT molecular complexity index is 1150. The number of anilines is 1. The molecule has 6 heteroatoms. The molecule has 0 radical (unpaired) electrons. The van der Waals surface area contributed by atoms with E-state index in [0.29, 0.717) is 22.4 Å². The molecule has 0 aliphatic rings. The van der Waals surface area contributed by atoms with Gasteiger partial charge in [0.15, 0.2) is 6.61 Å². The van der Waals surface area contributed by atoms with Crippen LogP contribution in [-0.4, -0.2) is 17.5 Å². The summed E-state index contributed by atoms with van der Waals surface area (Å²) >= 11 is 0. The van der Waals surface area contributed by atoms with E-state index >= 15 is 0 Å². The molecule has 2 aromatic heterocycles. The summed E-state index contributed by atoms with van der Waals surface area (Å²) in [5.74, 6) is 0.135. The van der Waals surface area contributed by atoms with Crippen LogP contribution in [0.2, 0.25) is 0 Å². The van der Waals surface area contributed by atoms with Crippen LogP contribution in [0.5, 0.6) is 5.75 Å². The molecule has 6 nitrogen and oxygen atoms in total. The van der Waals surface area contributed by atoms with Gasteiger partial charge in [-0.2, -0.15) is 0 Å². The molecular formula is C20H14N2O4. The van der Waals surface area contributed by atoms with E-state index in [4.69, 9.17) is 9.15 Å². The fraction of sp³-hybridized carbons (Fsp3) is 0.0500. The second-order valence-corrected chi connectivity index (χ2v) is 5.67. The third-order valence-electron chi connectivity index (χ3n) is 3.91. The number of pyridine rings is 1. The van der Waals surface area contributed by atoms with Gasteiger partial charge < -0.3 is 14.5 Å². The van der Waals surface area contributed by atoms with E-state index in [1.807, 2.05) is 18.2 Å². The molecule has 2 heterocycles. The maximum absolute atomic E-state index is 12.1. The largest absolute Gasteiger partial charge is 0.484 e. The van der Waals surface area contributed by atoms with Crippen LogP contribution in [0.1, 0.15) is 0 Å². The highest BCUT2D eigenvalue weighted by Gasteiger charge is 2.09. The molecule has 1 amide bonds. The highest BCUT2D eigenvalue weighted by molar-refractivity contribution is 6.04. The lowest BCUT2D eigenvalue weighted by Gasteiger charge is -2.08. The van der Waals surface area contributed by atoms with E-state index in [9.17, 15) is 9.59 Å². The predicted octanol–water partition coefficient (Wildman–Crippen LogP) is 3.36. The number of hydrogen-bond donors (Lipinski definition) is 1. The Labute approximate surface area is 148 Å². The molecule has 0 aliphatic carbocycles. The van der Waals surface area contributed by atoms with Crippen LogP contribution in [0.15, 0.2) is 76.2 Å². The van der Waals surface area contributed by atoms with Crippen molar-refractivity contribution in [1.29, 1.82) is 0 Å². The van der Waals surface area contributed by atoms with Crippen LogP contribution in [0.4, 0.5) is 5.69 Å². The van der Waals surface area contributed by atoms with E-state index < -0.39 is 5.63 Å². The molecular weight excluding hydrogens is 332 g/mol. The Kier molecular flexibility index (Phi) is 4.07. The van der Waals surface area contributed by atoms with Crippen LogP contribution in [-0.2, 0) is 4.79 Å². The molecule has 4 rings (SSSR count). The number of carbonyl (C=O) groups excluding carboxylic acids is 1. The molecule has 26 heavy (non-hydrogen) atoms. The van der Waals surface area contributed by atoms with Gasteiger partial charge >= 0.3 is 5.63 Å². The van der Waals surface area contributed by atoms with Crippen LogP contribution in [0.3, 0.4) is 0 Å². The molecule has 0 saturated heterocycles. The third-order valence-corrected chi connectivity index (χ3v) is 3.91. The highest BCUT2D eigenvalue weighted by atomic mass is 16.5. The molecule has 0 bridgehead atoms. The van der Waals surface area contributed by atoms with Crippen molar-refractivity contribution in [1.82, 2.24) is 4.98 Å². The first-order chi connectivity index (χ1) is 12.7. The molecule has 128 valence electrons. The van der Waals surface area contributed by atoms with Crippen LogP contribution in [0.25, 0.3) is 21.7 Å². The first kappa shape index (κ1) is 15.8. The summed E-state index contributed by atoms with van der Waals surface area (Å²) in [6.45, 7) is -0.168. The van der Waals surface area contributed by atoms with E-state index in [-0.39, 0.29) is 12.5 Å². The topological polar surface area (TPSA) is 81.4 Å². The summed E-state index contributed by atoms with van der Waals surface area (Å²) < 4.78 is 10.9. The standard InChI is InChI=1S/C20H14N2O4/c23-19(22-13-4-3-9-21-11-13)12-25-14-7-8-16-15-5-1-2-6-17(15)20(24)26-18(16)10-14/h1-11H,12H2,(H,22,23). The Morgan fingerprint density at radius 2 is 1.88 bits per heavy atom. The van der Waals surface area contributed by atoms with Gasteiger partial charge in [0, 0.05) is 17.6 Å². The van der Waals surface area contributed by atoms with Crippen molar-refractivity contribution in [3.05, 3.63) is 77.4 Å². The second-order valence-electron chi connectivity index (χ2n) is 5.67. The average molecular weight is 346 g/mol. The Hall–Kier alpha value is -3.67. The van der Waals surface area contributed by atoms with Crippen LogP contribution in [0, 0.1) is 0 Å². The Morgan fingerprint density at radius 3 is 2.69 bits per heavy atom. The number of aromatic nitrogens is 1. The number of ether oxygens (including phenoxy) is 1. The number of benzene rings is 2. The third kappa shape index (κ3) is 3.12. The molecule has 0 spiro atoms. The lowest BCUT2D eigenvalue weighted by Crippen LogP contribution is -2.20. The average Bonchev–Trinajstić information content (AvgIpc) is 2.67. The lowest BCUT2D eigenvalue weighted by molar-refractivity contribution is -0.118. The van der Waals surface area contributed by atoms with Gasteiger partial charge in [-0.25, -0.2) is 4.79 Å². The van der Waals surface area contributed by atoms with Crippen molar-refractivity contribution in [2.75, 3.05) is 11.9 Å². The van der Waals surface area contributed by atoms with Gasteiger partial charge in [-0.1, -0.05) is 18.2 Å². The van der Waals surface area contributed by atoms with E-state index in [0.717, 1.165) is 10.8 Å². The maximum Gasteiger partial charge on any atom is 0.344 e. The van der Waals surface area contributed by atoms with Gasteiger partial charge in [-0.3, -0.25) is 9.78 Å². The van der Waals surface area contributed by atoms with Crippen molar-refractivity contribution in [3.63, 3.8) is 0 Å². The SMILES string of the molecule is O=C(COc1ccc2c(c1)oc(=O)c1ccccc12)Nc1cccnc1. The second kappa shape index (κ2) is 6.68. The molecule has 0 atom stereocenters. The van der Waals surface area contributed by atoms with Gasteiger partial charge in [0.1, 0.15) is 11.3 Å². The first-order valence-corrected chi connectivity index (χ1v) is 7.99. The molecule has 1 N–H and O–H groups in total. The minimum Gasteiger partial charge on any atom is -0.484 e. The van der Waals surface area contributed by atoms with E-state index in [2.05, 4.69) is 10.3 Å². The number of fused-ring (bicyclic) bond motifs is 3. The molecule has 0 fully saturated rings. The molecule has 0 saturated carbocycles. The summed E-state index contributed by atoms with van der Waals surface area (Å²) in [5, 5.41) is 4.85. The summed E-state index contributed by atoms with van der Waals surface area (Å²) in [4.78, 5) is 28.0. The molecule has 0 aliphatic heterocycles. The summed E-state index contributed by atoms with van der Waals surface area (Å²) in [6, 6.07) is 15.9. The number of carbonyl (C=O) groups is 1. The van der Waals surface area contributed by atoms with Crippen molar-refractivity contribution in [3.8, 4) is 5.75 Å². The van der Waals surface area contributed by atoms with Gasteiger partial charge in [0.25, 0.3) is 5.91 Å². The summed E-state index contributed by atoms with van der Waals surface area (Å²) in [5.41, 5.74) is 0.607. The monoisotopic (exact) mass is 346 g/mol. The van der Waals surface area contributed by atoms with Crippen molar-refractivity contribution in [2.24, 2.45) is 0 Å². The molecule has 4 aromatic rings. The van der Waals surface area contributed by atoms with E-state index in [1.54, 1.807) is 48.8 Å². The van der Waals surface area contributed by atoms with Crippen LogP contribution < -0.4 is 15.7 Å². The highest BCUT2D eigenvalue weighted by Crippen LogP contribution is 2.26. The zero-order valence-electron chi connectivity index (χ0n) is 13.6. The number of nitrogens with zero attached hydrogens (tertiary/aromatic N) is 1. The number of hydrogen-bond acceptors (Lipinski definition) is 5. The number of rotatable bonds is 4. The van der Waals surface area contributed by atoms with E-state index in [1.165, 1.54) is 0 Å². The Balaban J connectivity index is 1.55. The fourth-order valence-electron chi connectivity index (χ4n) is 2.73. The van der Waals surface area contributed by atoms with Gasteiger partial charge in [0.2, 0.25) is 0 Å². The molecule has 0 unspecified atom stereocenters. The van der Waals surface area contributed by atoms with Gasteiger partial charge in [-0.05, 0) is 35.7 Å². The fourth-order valence-corrected chi connectivity index (χ4v) is 2.73. The summed E-state index contributed by atoms with van der Waals surface area (Å²) in [6.07, 6.45) is 3.17. The number of nitrogens with one attached hydrogen (secondary N) is 1. The maximum atomic E-state index is 12.1. The predicted molar refractivity (Wildman–Crippen MR) is 98.4 cm³/mol. The normalized spacial score (nSPS) is 10.8. The van der Waals surface area contributed by atoms with Gasteiger partial charge in [0.05, 0.1) is 17.3 Å². The number of amides is 1. The van der Waals surface area contributed by atoms with Crippen molar-refractivity contribution >= 4 is 33.3 Å². The Morgan fingerprint density at radius 1 is 1.04 bits per heavy atom. The zero-order valence-corrected chi connectivity index (χ0v) is 13.6. The van der Waals surface area contributed by atoms with Crippen molar-refractivity contribution in [2.45, 2.75) is 0 Å². The lowest BCUT2D eigenvalue weighted by atomic mass is 10.1. The van der Waals surface area contributed by atoms with Crippen molar-refractivity contribution < 1.29 is 13.9 Å².